The zero-order valence-corrected chi connectivity index (χ0v) is 9.20. The summed E-state index contributed by atoms with van der Waals surface area (Å²) < 4.78 is 0. The van der Waals surface area contributed by atoms with Crippen molar-refractivity contribution in [3.8, 4) is 12.3 Å². The van der Waals surface area contributed by atoms with Gasteiger partial charge in [-0.25, -0.2) is 0 Å². The largest absolute Gasteiger partial charge is 0.328 e. The number of rotatable bonds is 3. The van der Waals surface area contributed by atoms with Gasteiger partial charge in [0.1, 0.15) is 0 Å². The smallest absolute Gasteiger partial charge is 0.240 e. The molecular weight excluding hydrogens is 188 g/mol. The molecule has 1 saturated heterocycles. The maximum Gasteiger partial charge on any atom is 0.240 e. The Balaban J connectivity index is 1.96. The second kappa shape index (κ2) is 4.24. The van der Waals surface area contributed by atoms with E-state index in [0.717, 1.165) is 19.4 Å². The van der Waals surface area contributed by atoms with Crippen molar-refractivity contribution in [2.45, 2.75) is 50.7 Å². The van der Waals surface area contributed by atoms with Crippen LogP contribution in [0, 0.1) is 12.3 Å². The van der Waals surface area contributed by atoms with E-state index < -0.39 is 0 Å². The molecule has 0 aromatic rings. The van der Waals surface area contributed by atoms with E-state index in [0.29, 0.717) is 6.04 Å². The number of hydrogen-bond donors (Lipinski definition) is 1. The van der Waals surface area contributed by atoms with Crippen LogP contribution in [0.25, 0.3) is 0 Å². The van der Waals surface area contributed by atoms with Gasteiger partial charge in [0.2, 0.25) is 5.91 Å². The summed E-state index contributed by atoms with van der Waals surface area (Å²) in [6, 6.07) is 0.531. The molecule has 1 aliphatic carbocycles. The first kappa shape index (κ1) is 10.5. The monoisotopic (exact) mass is 206 g/mol. The minimum Gasteiger partial charge on any atom is -0.328 e. The Morgan fingerprint density at radius 2 is 2.27 bits per heavy atom. The van der Waals surface area contributed by atoms with E-state index >= 15 is 0 Å². The highest BCUT2D eigenvalue weighted by atomic mass is 16.2. The lowest BCUT2D eigenvalue weighted by molar-refractivity contribution is -0.137. The highest BCUT2D eigenvalue weighted by molar-refractivity contribution is 5.83. The van der Waals surface area contributed by atoms with Crippen molar-refractivity contribution in [2.24, 2.45) is 0 Å². The molecular formula is C12H18N2O. The fraction of sp³-hybridized carbons (Fsp3) is 0.750. The van der Waals surface area contributed by atoms with Crippen LogP contribution in [0.5, 0.6) is 0 Å². The zero-order valence-electron chi connectivity index (χ0n) is 9.20. The number of hydrogen-bond acceptors (Lipinski definition) is 2. The molecule has 2 aliphatic rings. The quantitative estimate of drug-likeness (QED) is 0.691. The molecule has 1 heterocycles. The molecule has 0 aromatic carbocycles. The lowest BCUT2D eigenvalue weighted by Crippen LogP contribution is -2.53. The number of nitrogens with zero attached hydrogens (tertiary/aromatic N) is 1. The van der Waals surface area contributed by atoms with Crippen LogP contribution in [-0.4, -0.2) is 35.5 Å². The number of nitrogens with one attached hydrogen (secondary N) is 1. The molecule has 0 radical (unpaired) electrons. The molecule has 0 bridgehead atoms. The van der Waals surface area contributed by atoms with Crippen LogP contribution in [0.1, 0.15) is 32.6 Å². The molecule has 2 rings (SSSR count). The van der Waals surface area contributed by atoms with Gasteiger partial charge in [-0.15, -0.1) is 6.42 Å². The Morgan fingerprint density at radius 1 is 1.53 bits per heavy atom. The van der Waals surface area contributed by atoms with Gasteiger partial charge in [0.05, 0.1) is 12.1 Å². The van der Waals surface area contributed by atoms with Crippen LogP contribution in [0.2, 0.25) is 0 Å². The number of carbonyl (C=O) groups excluding carboxylic acids is 1. The third-order valence-corrected chi connectivity index (χ3v) is 3.20. The van der Waals surface area contributed by atoms with Crippen LogP contribution in [0.4, 0.5) is 0 Å². The fourth-order valence-corrected chi connectivity index (χ4v) is 2.06. The molecule has 1 saturated carbocycles. The van der Waals surface area contributed by atoms with Crippen LogP contribution in [0.3, 0.4) is 0 Å². The van der Waals surface area contributed by atoms with Gasteiger partial charge in [0.15, 0.2) is 0 Å². The van der Waals surface area contributed by atoms with Crippen molar-refractivity contribution in [3.63, 3.8) is 0 Å². The van der Waals surface area contributed by atoms with Crippen molar-refractivity contribution in [3.05, 3.63) is 0 Å². The van der Waals surface area contributed by atoms with E-state index in [4.69, 9.17) is 6.42 Å². The van der Waals surface area contributed by atoms with Gasteiger partial charge in [0.25, 0.3) is 0 Å². The molecule has 1 N–H and O–H groups in total. The molecule has 0 spiro atoms. The van der Waals surface area contributed by atoms with Gasteiger partial charge in [0, 0.05) is 12.6 Å². The maximum absolute atomic E-state index is 12.1. The standard InChI is InChI=1S/C12H18N2O/c1-3-9(2)14-8-4-5-11(12(14)15)13-10-6-7-10/h1,9-11,13H,4-8H2,2H3. The summed E-state index contributed by atoms with van der Waals surface area (Å²) in [6.45, 7) is 2.73. The summed E-state index contributed by atoms with van der Waals surface area (Å²) in [5.41, 5.74) is 0. The topological polar surface area (TPSA) is 32.3 Å². The van der Waals surface area contributed by atoms with Crippen molar-refractivity contribution >= 4 is 5.91 Å². The summed E-state index contributed by atoms with van der Waals surface area (Å²) in [4.78, 5) is 13.9. The summed E-state index contributed by atoms with van der Waals surface area (Å²) in [6.07, 6.45) is 9.81. The third-order valence-electron chi connectivity index (χ3n) is 3.20. The highest BCUT2D eigenvalue weighted by Crippen LogP contribution is 2.23. The molecule has 2 unspecified atom stereocenters. The second-order valence-corrected chi connectivity index (χ2v) is 4.51. The lowest BCUT2D eigenvalue weighted by atomic mass is 10.0. The number of piperidine rings is 1. The summed E-state index contributed by atoms with van der Waals surface area (Å²) in [7, 11) is 0. The molecule has 2 atom stereocenters. The Hall–Kier alpha value is -1.01. The van der Waals surface area contributed by atoms with Crippen molar-refractivity contribution in [1.82, 2.24) is 10.2 Å². The first-order chi connectivity index (χ1) is 7.22. The first-order valence-corrected chi connectivity index (χ1v) is 5.75. The van der Waals surface area contributed by atoms with Gasteiger partial charge >= 0.3 is 0 Å². The van der Waals surface area contributed by atoms with Crippen molar-refractivity contribution in [1.29, 1.82) is 0 Å². The molecule has 3 heteroatoms. The Kier molecular flexibility index (Phi) is 2.97. The van der Waals surface area contributed by atoms with Crippen molar-refractivity contribution < 1.29 is 4.79 Å². The molecule has 15 heavy (non-hydrogen) atoms. The summed E-state index contributed by atoms with van der Waals surface area (Å²) in [5.74, 6) is 2.83. The van der Waals surface area contributed by atoms with E-state index in [9.17, 15) is 4.79 Å². The zero-order chi connectivity index (χ0) is 10.8. The predicted octanol–water partition coefficient (Wildman–Crippen LogP) is 0.751. The van der Waals surface area contributed by atoms with Gasteiger partial charge in [-0.05, 0) is 32.6 Å². The SMILES string of the molecule is C#CC(C)N1CCCC(NC2CC2)C1=O. The van der Waals surface area contributed by atoms with Gasteiger partial charge in [-0.3, -0.25) is 4.79 Å². The van der Waals surface area contributed by atoms with Gasteiger partial charge in [-0.2, -0.15) is 0 Å². The number of carbonyl (C=O) groups is 1. The van der Waals surface area contributed by atoms with E-state index in [1.807, 2.05) is 11.8 Å². The highest BCUT2D eigenvalue weighted by Gasteiger charge is 2.34. The van der Waals surface area contributed by atoms with Gasteiger partial charge < -0.3 is 10.2 Å². The number of amides is 1. The molecule has 0 aromatic heterocycles. The average Bonchev–Trinajstić information content (AvgIpc) is 3.04. The fourth-order valence-electron chi connectivity index (χ4n) is 2.06. The maximum atomic E-state index is 12.1. The van der Waals surface area contributed by atoms with Crippen LogP contribution in [-0.2, 0) is 4.79 Å². The minimum atomic E-state index is -0.0682. The third kappa shape index (κ3) is 2.32. The molecule has 2 fully saturated rings. The van der Waals surface area contributed by atoms with Gasteiger partial charge in [-0.1, -0.05) is 5.92 Å². The Labute approximate surface area is 91.2 Å². The van der Waals surface area contributed by atoms with E-state index in [-0.39, 0.29) is 18.0 Å². The minimum absolute atomic E-state index is 0.0158. The Bertz CT molecular complexity index is 290. The molecule has 1 amide bonds. The van der Waals surface area contributed by atoms with E-state index in [2.05, 4.69) is 11.2 Å². The predicted molar refractivity (Wildman–Crippen MR) is 59.2 cm³/mol. The van der Waals surface area contributed by atoms with Crippen molar-refractivity contribution in [2.75, 3.05) is 6.54 Å². The first-order valence-electron chi connectivity index (χ1n) is 5.75. The normalized spacial score (nSPS) is 28.7. The summed E-state index contributed by atoms with van der Waals surface area (Å²) >= 11 is 0. The molecule has 3 nitrogen and oxygen atoms in total. The average molecular weight is 206 g/mol. The second-order valence-electron chi connectivity index (χ2n) is 4.51. The number of terminal acetylenes is 1. The number of likely N-dealkylation sites (tertiary alicyclic amines) is 1. The van der Waals surface area contributed by atoms with E-state index in [1.165, 1.54) is 12.8 Å². The molecule has 82 valence electrons. The summed E-state index contributed by atoms with van der Waals surface area (Å²) in [5, 5.41) is 3.39. The van der Waals surface area contributed by atoms with Crippen LogP contribution in [0.15, 0.2) is 0 Å². The van der Waals surface area contributed by atoms with Crippen LogP contribution >= 0.6 is 0 Å². The van der Waals surface area contributed by atoms with E-state index in [1.54, 1.807) is 0 Å². The van der Waals surface area contributed by atoms with Crippen LogP contribution < -0.4 is 5.32 Å². The Morgan fingerprint density at radius 3 is 2.87 bits per heavy atom. The molecule has 1 aliphatic heterocycles. The lowest BCUT2D eigenvalue weighted by Gasteiger charge is -2.35.